The third-order valence-electron chi connectivity index (χ3n) is 2.92. The van der Waals surface area contributed by atoms with Crippen LogP contribution < -0.4 is 10.1 Å². The van der Waals surface area contributed by atoms with Crippen LogP contribution in [0.3, 0.4) is 0 Å². The first-order chi connectivity index (χ1) is 9.65. The number of hydrogen-bond donors (Lipinski definition) is 2. The molecule has 1 aromatic heterocycles. The number of aromatic amines is 1. The summed E-state index contributed by atoms with van der Waals surface area (Å²) < 4.78 is 5.47. The van der Waals surface area contributed by atoms with Crippen molar-refractivity contribution in [3.63, 3.8) is 0 Å². The summed E-state index contributed by atoms with van der Waals surface area (Å²) in [7, 11) is 0. The maximum Gasteiger partial charge on any atom is 0.257 e. The molecule has 1 heterocycles. The first-order valence-corrected chi connectivity index (χ1v) is 6.61. The molecule has 106 valence electrons. The van der Waals surface area contributed by atoms with Gasteiger partial charge in [0.05, 0.1) is 0 Å². The van der Waals surface area contributed by atoms with Gasteiger partial charge in [0.25, 0.3) is 5.91 Å². The number of nitrogens with one attached hydrogen (secondary N) is 2. The second-order valence-electron chi connectivity index (χ2n) is 4.65. The van der Waals surface area contributed by atoms with E-state index in [-0.39, 0.29) is 12.5 Å². The molecule has 2 rings (SSSR count). The van der Waals surface area contributed by atoms with E-state index >= 15 is 0 Å². The van der Waals surface area contributed by atoms with Gasteiger partial charge in [0.1, 0.15) is 11.6 Å². The number of carbonyl (C=O) groups is 1. The van der Waals surface area contributed by atoms with Gasteiger partial charge in [-0.25, -0.2) is 4.98 Å². The van der Waals surface area contributed by atoms with E-state index in [9.17, 15) is 4.79 Å². The van der Waals surface area contributed by atoms with Gasteiger partial charge in [-0.1, -0.05) is 18.2 Å². The summed E-state index contributed by atoms with van der Waals surface area (Å²) in [6.45, 7) is 4.45. The average Bonchev–Trinajstić information content (AvgIpc) is 2.83. The number of nitrogens with zero attached hydrogens (tertiary/aromatic N) is 1. The van der Waals surface area contributed by atoms with Crippen molar-refractivity contribution in [1.82, 2.24) is 15.3 Å². The Hall–Kier alpha value is -2.30. The van der Waals surface area contributed by atoms with Gasteiger partial charge >= 0.3 is 0 Å². The van der Waals surface area contributed by atoms with Crippen LogP contribution in [0.4, 0.5) is 0 Å². The Bertz CT molecular complexity index is 578. The van der Waals surface area contributed by atoms with Gasteiger partial charge in [-0.05, 0) is 25.5 Å². The fraction of sp³-hybridized carbons (Fsp3) is 0.333. The summed E-state index contributed by atoms with van der Waals surface area (Å²) >= 11 is 0. The molecule has 1 aromatic carbocycles. The minimum atomic E-state index is -0.121. The molecule has 5 heteroatoms. The summed E-state index contributed by atoms with van der Waals surface area (Å²) in [5, 5.41) is 2.82. The van der Waals surface area contributed by atoms with E-state index in [2.05, 4.69) is 15.3 Å². The summed E-state index contributed by atoms with van der Waals surface area (Å²) in [6, 6.07) is 7.64. The highest BCUT2D eigenvalue weighted by Gasteiger charge is 2.04. The second kappa shape index (κ2) is 6.75. The number of carbonyl (C=O) groups excluding carboxylic acids is 1. The minimum Gasteiger partial charge on any atom is -0.484 e. The lowest BCUT2D eigenvalue weighted by atomic mass is 10.2. The van der Waals surface area contributed by atoms with Crippen LogP contribution in [0.2, 0.25) is 0 Å². The maximum absolute atomic E-state index is 11.7. The van der Waals surface area contributed by atoms with Crippen LogP contribution >= 0.6 is 0 Å². The van der Waals surface area contributed by atoms with Gasteiger partial charge in [-0.15, -0.1) is 0 Å². The van der Waals surface area contributed by atoms with Gasteiger partial charge in [0, 0.05) is 24.9 Å². The highest BCUT2D eigenvalue weighted by Crippen LogP contribution is 2.15. The zero-order valence-electron chi connectivity index (χ0n) is 11.8. The normalized spacial score (nSPS) is 10.3. The molecule has 2 aromatic rings. The number of ether oxygens (including phenoxy) is 1. The van der Waals surface area contributed by atoms with Crippen LogP contribution in [-0.2, 0) is 11.2 Å². The first kappa shape index (κ1) is 14.1. The molecular formula is C15H19N3O2. The zero-order valence-corrected chi connectivity index (χ0v) is 11.8. The average molecular weight is 273 g/mol. The topological polar surface area (TPSA) is 67.0 Å². The third-order valence-corrected chi connectivity index (χ3v) is 2.92. The highest BCUT2D eigenvalue weighted by atomic mass is 16.5. The highest BCUT2D eigenvalue weighted by molar-refractivity contribution is 5.77. The Morgan fingerprint density at radius 3 is 2.85 bits per heavy atom. The van der Waals surface area contributed by atoms with Crippen molar-refractivity contribution in [1.29, 1.82) is 0 Å². The van der Waals surface area contributed by atoms with Crippen LogP contribution in [0.15, 0.2) is 30.5 Å². The Morgan fingerprint density at radius 1 is 1.35 bits per heavy atom. The largest absolute Gasteiger partial charge is 0.484 e. The number of H-pyrrole nitrogens is 1. The summed E-state index contributed by atoms with van der Waals surface area (Å²) in [6.07, 6.45) is 2.52. The molecule has 0 saturated heterocycles. The molecule has 0 radical (unpaired) electrons. The smallest absolute Gasteiger partial charge is 0.257 e. The fourth-order valence-electron chi connectivity index (χ4n) is 1.85. The molecule has 0 bridgehead atoms. The number of aryl methyl sites for hydroxylation is 2. The van der Waals surface area contributed by atoms with E-state index < -0.39 is 0 Å². The number of para-hydroxylation sites is 1. The zero-order chi connectivity index (χ0) is 14.4. The molecule has 20 heavy (non-hydrogen) atoms. The van der Waals surface area contributed by atoms with Crippen molar-refractivity contribution >= 4 is 5.91 Å². The lowest BCUT2D eigenvalue weighted by Crippen LogP contribution is -2.30. The molecule has 0 aliphatic heterocycles. The Balaban J connectivity index is 1.69. The Kier molecular flexibility index (Phi) is 4.76. The third kappa shape index (κ3) is 4.12. The van der Waals surface area contributed by atoms with Crippen molar-refractivity contribution in [2.45, 2.75) is 20.3 Å². The number of imidazole rings is 1. The van der Waals surface area contributed by atoms with E-state index in [1.54, 1.807) is 6.20 Å². The molecule has 0 atom stereocenters. The lowest BCUT2D eigenvalue weighted by Gasteiger charge is -2.09. The van der Waals surface area contributed by atoms with Gasteiger partial charge in [-0.3, -0.25) is 4.79 Å². The number of rotatable bonds is 6. The van der Waals surface area contributed by atoms with Crippen molar-refractivity contribution in [2.75, 3.05) is 13.2 Å². The lowest BCUT2D eigenvalue weighted by molar-refractivity contribution is -0.123. The van der Waals surface area contributed by atoms with Crippen LogP contribution in [0, 0.1) is 13.8 Å². The van der Waals surface area contributed by atoms with E-state index in [0.29, 0.717) is 6.54 Å². The predicted octanol–water partition coefficient (Wildman–Crippen LogP) is 1.76. The van der Waals surface area contributed by atoms with E-state index in [1.807, 2.05) is 38.1 Å². The molecule has 2 N–H and O–H groups in total. The van der Waals surface area contributed by atoms with Gasteiger partial charge in [0.2, 0.25) is 0 Å². The van der Waals surface area contributed by atoms with E-state index in [1.165, 1.54) is 0 Å². The second-order valence-corrected chi connectivity index (χ2v) is 4.65. The van der Waals surface area contributed by atoms with Crippen molar-refractivity contribution < 1.29 is 9.53 Å². The first-order valence-electron chi connectivity index (χ1n) is 6.61. The summed E-state index contributed by atoms with van der Waals surface area (Å²) in [5.41, 5.74) is 2.04. The molecular weight excluding hydrogens is 254 g/mol. The van der Waals surface area contributed by atoms with Crippen molar-refractivity contribution in [3.8, 4) is 5.75 Å². The minimum absolute atomic E-state index is 0.0346. The standard InChI is InChI=1S/C15H19N3O2/c1-11-5-3-4-6-14(11)20-10-15(19)16-8-7-13-9-17-12(2)18-13/h3-6,9H,7-8,10H2,1-2H3,(H,16,19)(H,17,18). The van der Waals surface area contributed by atoms with E-state index in [0.717, 1.165) is 29.3 Å². The molecule has 0 saturated carbocycles. The SMILES string of the molecule is Cc1ncc(CCNC(=O)COc2ccccc2C)[nH]1. The monoisotopic (exact) mass is 273 g/mol. The molecule has 0 fully saturated rings. The van der Waals surface area contributed by atoms with Crippen LogP contribution in [0.5, 0.6) is 5.75 Å². The number of hydrogen-bond acceptors (Lipinski definition) is 3. The molecule has 5 nitrogen and oxygen atoms in total. The summed E-state index contributed by atoms with van der Waals surface area (Å²) in [5.74, 6) is 1.51. The molecule has 0 aliphatic rings. The van der Waals surface area contributed by atoms with Crippen LogP contribution in [0.25, 0.3) is 0 Å². The molecule has 0 spiro atoms. The fourth-order valence-corrected chi connectivity index (χ4v) is 1.85. The predicted molar refractivity (Wildman–Crippen MR) is 76.7 cm³/mol. The molecule has 0 unspecified atom stereocenters. The van der Waals surface area contributed by atoms with E-state index in [4.69, 9.17) is 4.74 Å². The maximum atomic E-state index is 11.7. The number of aromatic nitrogens is 2. The molecule has 1 amide bonds. The Morgan fingerprint density at radius 2 is 2.15 bits per heavy atom. The van der Waals surface area contributed by atoms with Gasteiger partial charge in [-0.2, -0.15) is 0 Å². The summed E-state index contributed by atoms with van der Waals surface area (Å²) in [4.78, 5) is 18.9. The van der Waals surface area contributed by atoms with Gasteiger partial charge in [0.15, 0.2) is 6.61 Å². The molecule has 0 aliphatic carbocycles. The van der Waals surface area contributed by atoms with Crippen molar-refractivity contribution in [3.05, 3.63) is 47.5 Å². The number of amides is 1. The van der Waals surface area contributed by atoms with Gasteiger partial charge < -0.3 is 15.0 Å². The Labute approximate surface area is 118 Å². The number of benzene rings is 1. The van der Waals surface area contributed by atoms with Crippen LogP contribution in [0.1, 0.15) is 17.1 Å². The van der Waals surface area contributed by atoms with Crippen LogP contribution in [-0.4, -0.2) is 29.0 Å². The van der Waals surface area contributed by atoms with Crippen molar-refractivity contribution in [2.24, 2.45) is 0 Å². The quantitative estimate of drug-likeness (QED) is 0.843.